The Morgan fingerprint density at radius 2 is 1.51 bits per heavy atom. The van der Waals surface area contributed by atoms with Crippen LogP contribution in [0.4, 0.5) is 0 Å². The van der Waals surface area contributed by atoms with Gasteiger partial charge in [0.1, 0.15) is 12.7 Å². The van der Waals surface area contributed by atoms with Gasteiger partial charge in [-0.1, -0.05) is 61.7 Å². The zero-order chi connectivity index (χ0) is 26.5. The molecular weight excluding hydrogens is 476 g/mol. The fourth-order valence-corrected chi connectivity index (χ4v) is 4.48. The molecule has 0 radical (unpaired) electrons. The highest BCUT2D eigenvalue weighted by Crippen LogP contribution is 2.34. The summed E-state index contributed by atoms with van der Waals surface area (Å²) in [4.78, 5) is 31.8. The number of hydrogen-bond acceptors (Lipinski definition) is 6. The largest absolute Gasteiger partial charge is 0.486 e. The first-order valence-electron chi connectivity index (χ1n) is 12.5. The Labute approximate surface area is 216 Å². The predicted octanol–water partition coefficient (Wildman–Crippen LogP) is 3.57. The van der Waals surface area contributed by atoms with Gasteiger partial charge in [0.05, 0.1) is 12.6 Å². The first-order chi connectivity index (χ1) is 17.9. The molecule has 0 aromatic heterocycles. The van der Waals surface area contributed by atoms with Crippen molar-refractivity contribution in [3.8, 4) is 11.5 Å². The zero-order valence-corrected chi connectivity index (χ0v) is 20.7. The van der Waals surface area contributed by atoms with Gasteiger partial charge in [0.2, 0.25) is 5.91 Å². The number of ether oxygens (including phenoxy) is 2. The van der Waals surface area contributed by atoms with Crippen molar-refractivity contribution in [2.75, 3.05) is 19.7 Å². The Hall–Kier alpha value is -3.85. The summed E-state index contributed by atoms with van der Waals surface area (Å²) in [6, 6.07) is 18.1. The van der Waals surface area contributed by atoms with Gasteiger partial charge in [0.25, 0.3) is 0 Å². The first-order valence-corrected chi connectivity index (χ1v) is 12.5. The van der Waals surface area contributed by atoms with Crippen LogP contribution in [0.1, 0.15) is 43.7 Å². The molecule has 9 nitrogen and oxygen atoms in total. The molecule has 2 aromatic rings. The van der Waals surface area contributed by atoms with E-state index in [4.69, 9.17) is 19.7 Å². The van der Waals surface area contributed by atoms with Crippen molar-refractivity contribution in [3.05, 3.63) is 72.3 Å². The fraction of sp³-hybridized carbons (Fsp3) is 0.393. The first kappa shape index (κ1) is 27.7. The second-order valence-corrected chi connectivity index (χ2v) is 8.99. The highest BCUT2D eigenvalue weighted by atomic mass is 16.6. The van der Waals surface area contributed by atoms with Gasteiger partial charge in [0, 0.05) is 18.7 Å². The van der Waals surface area contributed by atoms with E-state index >= 15 is 0 Å². The molecule has 1 heterocycles. The second kappa shape index (κ2) is 14.6. The minimum Gasteiger partial charge on any atom is -0.486 e. The number of para-hydroxylation sites is 2. The van der Waals surface area contributed by atoms with Crippen LogP contribution in [0.15, 0.2) is 66.7 Å². The number of carboxylic acids is 2. The molecule has 37 heavy (non-hydrogen) atoms. The number of rotatable bonds is 9. The van der Waals surface area contributed by atoms with Crippen molar-refractivity contribution in [1.29, 1.82) is 0 Å². The van der Waals surface area contributed by atoms with Gasteiger partial charge in [-0.25, -0.2) is 9.59 Å². The van der Waals surface area contributed by atoms with E-state index in [1.807, 2.05) is 42.5 Å². The average molecular weight is 511 g/mol. The third-order valence-corrected chi connectivity index (χ3v) is 6.19. The Balaban J connectivity index is 0.000000414. The van der Waals surface area contributed by atoms with Crippen LogP contribution >= 0.6 is 0 Å². The molecule has 4 rings (SSSR count). The Morgan fingerprint density at radius 1 is 0.892 bits per heavy atom. The monoisotopic (exact) mass is 510 g/mol. The maximum Gasteiger partial charge on any atom is 0.328 e. The third-order valence-electron chi connectivity index (χ3n) is 6.19. The Bertz CT molecular complexity index is 1040. The third kappa shape index (κ3) is 9.61. The molecule has 2 unspecified atom stereocenters. The smallest absolute Gasteiger partial charge is 0.328 e. The number of amides is 1. The quantitative estimate of drug-likeness (QED) is 0.376. The predicted molar refractivity (Wildman–Crippen MR) is 138 cm³/mol. The Morgan fingerprint density at radius 3 is 2.16 bits per heavy atom. The second-order valence-electron chi connectivity index (χ2n) is 8.99. The number of carbonyl (C=O) groups excluding carboxylic acids is 1. The van der Waals surface area contributed by atoms with Crippen molar-refractivity contribution in [1.82, 2.24) is 10.6 Å². The zero-order valence-electron chi connectivity index (χ0n) is 20.7. The van der Waals surface area contributed by atoms with E-state index in [9.17, 15) is 14.4 Å². The number of fused-ring (bicyclic) bond motifs is 1. The summed E-state index contributed by atoms with van der Waals surface area (Å²) in [6.07, 6.45) is 7.19. The van der Waals surface area contributed by atoms with E-state index in [1.54, 1.807) is 0 Å². The lowest BCUT2D eigenvalue weighted by atomic mass is 9.81. The molecule has 2 aromatic carbocycles. The maximum absolute atomic E-state index is 12.7. The average Bonchev–Trinajstić information content (AvgIpc) is 2.92. The fourth-order valence-electron chi connectivity index (χ4n) is 4.48. The number of carbonyl (C=O) groups is 3. The van der Waals surface area contributed by atoms with Gasteiger partial charge < -0.3 is 30.3 Å². The number of aliphatic carboxylic acids is 2. The summed E-state index contributed by atoms with van der Waals surface area (Å²) >= 11 is 0. The maximum atomic E-state index is 12.7. The summed E-state index contributed by atoms with van der Waals surface area (Å²) in [5.74, 6) is -0.431. The molecule has 0 bridgehead atoms. The van der Waals surface area contributed by atoms with Crippen molar-refractivity contribution in [3.63, 3.8) is 0 Å². The van der Waals surface area contributed by atoms with Crippen LogP contribution in [-0.4, -0.2) is 53.9 Å². The van der Waals surface area contributed by atoms with Crippen LogP contribution in [-0.2, 0) is 14.4 Å². The molecule has 9 heteroatoms. The molecule has 1 aliphatic heterocycles. The molecule has 1 aliphatic carbocycles. The molecule has 2 atom stereocenters. The highest BCUT2D eigenvalue weighted by molar-refractivity contribution is 5.89. The van der Waals surface area contributed by atoms with E-state index in [0.717, 1.165) is 11.5 Å². The standard InChI is InChI=1S/C24H30N2O3.C4H4O4/c27-23(16-25-15-20-17-28-21-13-7-8-14-22(21)29-20)26-24(18-9-3-1-4-10-18)19-11-5-2-6-12-19;5-3(6)1-2-4(7)8/h1,3-4,7-10,13-14,19-20,24-25H,2,5-6,11-12,15-17H2,(H,26,27);1-2H,(H,5,6)(H,7,8)/b;2-1-. The molecule has 1 saturated carbocycles. The van der Waals surface area contributed by atoms with Gasteiger partial charge >= 0.3 is 11.9 Å². The van der Waals surface area contributed by atoms with Gasteiger partial charge in [-0.05, 0) is 36.5 Å². The van der Waals surface area contributed by atoms with E-state index in [1.165, 1.54) is 37.7 Å². The van der Waals surface area contributed by atoms with Crippen LogP contribution in [0.2, 0.25) is 0 Å². The normalized spacial score (nSPS) is 17.8. The molecule has 1 amide bonds. The summed E-state index contributed by atoms with van der Waals surface area (Å²) in [5.41, 5.74) is 1.20. The van der Waals surface area contributed by atoms with E-state index < -0.39 is 11.9 Å². The number of nitrogens with one attached hydrogen (secondary N) is 2. The molecule has 4 N–H and O–H groups in total. The minimum atomic E-state index is -1.26. The lowest BCUT2D eigenvalue weighted by molar-refractivity contribution is -0.134. The summed E-state index contributed by atoms with van der Waals surface area (Å²) in [6.45, 7) is 1.33. The minimum absolute atomic E-state index is 0.0292. The SMILES string of the molecule is O=C(CNCC1COc2ccccc2O1)NC(c1ccccc1)C1CCCCC1.O=C(O)/C=C\C(=O)O. The van der Waals surface area contributed by atoms with Crippen molar-refractivity contribution in [2.24, 2.45) is 5.92 Å². The van der Waals surface area contributed by atoms with Crippen LogP contribution in [0.5, 0.6) is 11.5 Å². The van der Waals surface area contributed by atoms with Crippen molar-refractivity contribution >= 4 is 17.8 Å². The van der Waals surface area contributed by atoms with Crippen LogP contribution < -0.4 is 20.1 Å². The summed E-state index contributed by atoms with van der Waals surface area (Å²) in [7, 11) is 0. The topological polar surface area (TPSA) is 134 Å². The molecule has 1 fully saturated rings. The molecule has 0 spiro atoms. The molecule has 0 saturated heterocycles. The molecule has 2 aliphatic rings. The molecular formula is C28H34N2O7. The van der Waals surface area contributed by atoms with Gasteiger partial charge in [-0.2, -0.15) is 0 Å². The van der Waals surface area contributed by atoms with Crippen molar-refractivity contribution < 1.29 is 34.1 Å². The van der Waals surface area contributed by atoms with Gasteiger partial charge in [-0.15, -0.1) is 0 Å². The summed E-state index contributed by atoms with van der Waals surface area (Å²) < 4.78 is 11.7. The van der Waals surface area contributed by atoms with Crippen molar-refractivity contribution in [2.45, 2.75) is 44.2 Å². The number of carboxylic acid groups (broad SMARTS) is 2. The van der Waals surface area contributed by atoms with E-state index in [0.29, 0.717) is 31.2 Å². The highest BCUT2D eigenvalue weighted by Gasteiger charge is 2.26. The lowest BCUT2D eigenvalue weighted by Crippen LogP contribution is -2.44. The molecule has 198 valence electrons. The van der Waals surface area contributed by atoms with E-state index in [2.05, 4.69) is 22.8 Å². The van der Waals surface area contributed by atoms with Crippen LogP contribution in [0, 0.1) is 5.92 Å². The summed E-state index contributed by atoms with van der Waals surface area (Å²) in [5, 5.41) is 22.1. The van der Waals surface area contributed by atoms with Crippen LogP contribution in [0.25, 0.3) is 0 Å². The van der Waals surface area contributed by atoms with E-state index in [-0.39, 0.29) is 24.6 Å². The van der Waals surface area contributed by atoms with Crippen LogP contribution in [0.3, 0.4) is 0 Å². The van der Waals surface area contributed by atoms with Gasteiger partial charge in [0.15, 0.2) is 11.5 Å². The Kier molecular flexibility index (Phi) is 11.0. The lowest BCUT2D eigenvalue weighted by Gasteiger charge is -2.31. The van der Waals surface area contributed by atoms with Gasteiger partial charge in [-0.3, -0.25) is 4.79 Å². The number of hydrogen-bond donors (Lipinski definition) is 4. The number of benzene rings is 2.